The zero-order valence-electron chi connectivity index (χ0n) is 15.7. The van der Waals surface area contributed by atoms with Crippen LogP contribution in [0.5, 0.6) is 0 Å². The summed E-state index contributed by atoms with van der Waals surface area (Å²) in [5, 5.41) is 0. The van der Waals surface area contributed by atoms with Crippen LogP contribution >= 0.6 is 0 Å². The van der Waals surface area contributed by atoms with E-state index in [1.165, 1.54) is 44.9 Å². The summed E-state index contributed by atoms with van der Waals surface area (Å²) >= 11 is 0. The summed E-state index contributed by atoms with van der Waals surface area (Å²) in [6.45, 7) is 21.3. The Morgan fingerprint density at radius 3 is 0.611 bits per heavy atom. The van der Waals surface area contributed by atoms with Gasteiger partial charge in [-0.2, -0.15) is 0 Å². The van der Waals surface area contributed by atoms with Gasteiger partial charge in [-0.15, -0.1) is 0 Å². The lowest BCUT2D eigenvalue weighted by atomic mass is 10.3. The number of hydrogen-bond donors (Lipinski definition) is 1. The molecule has 0 aromatic heterocycles. The van der Waals surface area contributed by atoms with E-state index >= 15 is 0 Å². The first-order valence-electron chi connectivity index (χ1n) is 8.16. The van der Waals surface area contributed by atoms with Gasteiger partial charge < -0.3 is 6.15 Å². The molecular weight excluding hydrogens is 218 g/mol. The fourth-order valence-electron chi connectivity index (χ4n) is 0.354. The molecule has 0 atom stereocenters. The van der Waals surface area contributed by atoms with Gasteiger partial charge in [0.05, 0.1) is 0 Å². The van der Waals surface area contributed by atoms with E-state index in [2.05, 4.69) is 55.4 Å². The van der Waals surface area contributed by atoms with Crippen molar-refractivity contribution in [1.29, 1.82) is 0 Å². The van der Waals surface area contributed by atoms with Gasteiger partial charge in [0, 0.05) is 0 Å². The average Bonchev–Trinajstić information content (AvgIpc) is 2.35. The fourth-order valence-corrected chi connectivity index (χ4v) is 0.354. The lowest BCUT2D eigenvalue weighted by Gasteiger charge is -1.79. The van der Waals surface area contributed by atoms with Crippen molar-refractivity contribution < 1.29 is 0 Å². The van der Waals surface area contributed by atoms with Gasteiger partial charge in [-0.3, -0.25) is 0 Å². The molecule has 1 heteroatoms. The first-order chi connectivity index (χ1) is 8.16. The van der Waals surface area contributed by atoms with E-state index in [-0.39, 0.29) is 6.15 Å². The predicted molar refractivity (Wildman–Crippen MR) is 94.1 cm³/mol. The molecule has 0 rings (SSSR count). The molecule has 0 amide bonds. The van der Waals surface area contributed by atoms with Crippen LogP contribution < -0.4 is 6.15 Å². The molecule has 1 nitrogen and oxygen atoms in total. The third kappa shape index (κ3) is 408. The van der Waals surface area contributed by atoms with Gasteiger partial charge in [0.25, 0.3) is 0 Å². The van der Waals surface area contributed by atoms with E-state index < -0.39 is 0 Å². The lowest BCUT2D eigenvalue weighted by molar-refractivity contribution is 0.772. The molecular formula is C17H47N. The monoisotopic (exact) mass is 265 g/mol. The second-order valence-corrected chi connectivity index (χ2v) is 3.77. The van der Waals surface area contributed by atoms with Crippen LogP contribution in [-0.2, 0) is 0 Å². The van der Waals surface area contributed by atoms with Gasteiger partial charge in [0.1, 0.15) is 0 Å². The van der Waals surface area contributed by atoms with Gasteiger partial charge in [0.15, 0.2) is 0 Å². The first-order valence-corrected chi connectivity index (χ1v) is 8.16. The highest BCUT2D eigenvalue weighted by Crippen LogP contribution is 1.88. The summed E-state index contributed by atoms with van der Waals surface area (Å²) in [6.07, 6.45) is 9.22. The Kier molecular flexibility index (Phi) is 179. The zero-order valence-corrected chi connectivity index (χ0v) is 15.7. The molecule has 3 N–H and O–H groups in total. The highest BCUT2D eigenvalue weighted by Gasteiger charge is 1.68. The van der Waals surface area contributed by atoms with Crippen LogP contribution in [0.3, 0.4) is 0 Å². The van der Waals surface area contributed by atoms with Crippen molar-refractivity contribution in [2.45, 2.75) is 114 Å². The minimum atomic E-state index is 0. The Morgan fingerprint density at radius 2 is 0.611 bits per heavy atom. The van der Waals surface area contributed by atoms with Crippen LogP contribution in [0, 0.1) is 0 Å². The van der Waals surface area contributed by atoms with Gasteiger partial charge in [0.2, 0.25) is 0 Å². The van der Waals surface area contributed by atoms with Crippen molar-refractivity contribution in [2.24, 2.45) is 0 Å². The molecule has 0 unspecified atom stereocenters. The molecule has 0 aromatic rings. The lowest BCUT2D eigenvalue weighted by Crippen LogP contribution is -1.59. The van der Waals surface area contributed by atoms with Crippen molar-refractivity contribution in [3.05, 3.63) is 0 Å². The van der Waals surface area contributed by atoms with E-state index in [1.54, 1.807) is 0 Å². The van der Waals surface area contributed by atoms with Crippen LogP contribution in [0.25, 0.3) is 0 Å². The van der Waals surface area contributed by atoms with E-state index in [9.17, 15) is 0 Å². The summed E-state index contributed by atoms with van der Waals surface area (Å²) < 4.78 is 0. The number of hydrogen-bond acceptors (Lipinski definition) is 1. The van der Waals surface area contributed by atoms with Gasteiger partial charge >= 0.3 is 0 Å². The SMILES string of the molecule is CC.CCC.CCC.CCCC.CCCCC.N. The highest BCUT2D eigenvalue weighted by atomic mass is 14.0. The van der Waals surface area contributed by atoms with Crippen molar-refractivity contribution >= 4 is 0 Å². The quantitative estimate of drug-likeness (QED) is 0.550. The van der Waals surface area contributed by atoms with E-state index in [1.807, 2.05) is 13.8 Å². The topological polar surface area (TPSA) is 35.0 Å². The van der Waals surface area contributed by atoms with Crippen molar-refractivity contribution in [2.75, 3.05) is 0 Å². The van der Waals surface area contributed by atoms with Crippen LogP contribution in [0.15, 0.2) is 0 Å². The maximum Gasteiger partial charge on any atom is -0.0538 e. The molecule has 0 aromatic carbocycles. The first kappa shape index (κ1) is 36.1. The Hall–Kier alpha value is -0.0400. The summed E-state index contributed by atoms with van der Waals surface area (Å²) in [4.78, 5) is 0. The third-order valence-electron chi connectivity index (χ3n) is 1.21. The molecule has 0 aliphatic heterocycles. The second-order valence-electron chi connectivity index (χ2n) is 3.77. The molecule has 0 heterocycles. The summed E-state index contributed by atoms with van der Waals surface area (Å²) in [5.41, 5.74) is 0. The molecule has 0 radical (unpaired) electrons. The molecule has 0 aliphatic rings. The third-order valence-corrected chi connectivity index (χ3v) is 1.21. The standard InChI is InChI=1S/C5H12.C4H10.2C3H8.C2H6.H3N/c1-3-5-4-2;1-3-4-2;2*1-3-2;1-2;/h3-5H2,1-2H3;3-4H2,1-2H3;2*3H2,1-2H3;1-2H3;1H3. The highest BCUT2D eigenvalue weighted by molar-refractivity contribution is 4.24. The van der Waals surface area contributed by atoms with E-state index in [4.69, 9.17) is 0 Å². The molecule has 0 saturated carbocycles. The Balaban J connectivity index is -0.0000000255. The van der Waals surface area contributed by atoms with Crippen LogP contribution in [0.1, 0.15) is 114 Å². The van der Waals surface area contributed by atoms with Crippen molar-refractivity contribution in [3.63, 3.8) is 0 Å². The minimum Gasteiger partial charge on any atom is -0.344 e. The summed E-state index contributed by atoms with van der Waals surface area (Å²) in [7, 11) is 0. The molecule has 0 saturated heterocycles. The van der Waals surface area contributed by atoms with Gasteiger partial charge in [-0.05, 0) is 0 Å². The minimum absolute atomic E-state index is 0. The van der Waals surface area contributed by atoms with E-state index in [0.717, 1.165) is 0 Å². The molecule has 0 spiro atoms. The fraction of sp³-hybridized carbons (Fsp3) is 1.00. The average molecular weight is 266 g/mol. The maximum absolute atomic E-state index is 2.21. The van der Waals surface area contributed by atoms with Gasteiger partial charge in [-0.1, -0.05) is 114 Å². The van der Waals surface area contributed by atoms with Crippen molar-refractivity contribution in [3.8, 4) is 0 Å². The van der Waals surface area contributed by atoms with Crippen molar-refractivity contribution in [1.82, 2.24) is 6.15 Å². The molecule has 0 bridgehead atoms. The smallest absolute Gasteiger partial charge is 0.0538 e. The second kappa shape index (κ2) is 89.2. The Morgan fingerprint density at radius 1 is 0.444 bits per heavy atom. The predicted octanol–water partition coefficient (Wildman–Crippen LogP) is 8.02. The normalized spacial score (nSPS) is 6.33. The van der Waals surface area contributed by atoms with Crippen LogP contribution in [0.2, 0.25) is 0 Å². The molecule has 0 aliphatic carbocycles. The Labute approximate surface area is 121 Å². The van der Waals surface area contributed by atoms with Crippen LogP contribution in [-0.4, -0.2) is 0 Å². The largest absolute Gasteiger partial charge is 0.344 e. The summed E-state index contributed by atoms with van der Waals surface area (Å²) in [6, 6.07) is 0. The Bertz CT molecular complexity index is 38.9. The molecule has 18 heavy (non-hydrogen) atoms. The van der Waals surface area contributed by atoms with E-state index in [0.29, 0.717) is 0 Å². The zero-order chi connectivity index (χ0) is 14.9. The van der Waals surface area contributed by atoms with Crippen LogP contribution in [0.4, 0.5) is 0 Å². The number of rotatable bonds is 3. The number of unbranched alkanes of at least 4 members (excludes halogenated alkanes) is 3. The molecule has 0 fully saturated rings. The van der Waals surface area contributed by atoms with Gasteiger partial charge in [-0.25, -0.2) is 0 Å². The maximum atomic E-state index is 2.21. The molecule has 120 valence electrons. The summed E-state index contributed by atoms with van der Waals surface area (Å²) in [5.74, 6) is 0.